The number of carbonyl (C=O) groups excluding carboxylic acids is 1. The van der Waals surface area contributed by atoms with E-state index in [1.54, 1.807) is 0 Å². The van der Waals surface area contributed by atoms with Crippen LogP contribution in [0.25, 0.3) is 0 Å². The average Bonchev–Trinajstić information content (AvgIpc) is 3.11. The zero-order valence-corrected chi connectivity index (χ0v) is 20.2. The van der Waals surface area contributed by atoms with Gasteiger partial charge in [-0.15, -0.1) is 24.0 Å². The van der Waals surface area contributed by atoms with E-state index in [1.807, 2.05) is 4.90 Å². The second-order valence-electron chi connectivity index (χ2n) is 7.18. The van der Waals surface area contributed by atoms with Gasteiger partial charge in [-0.25, -0.2) is 4.99 Å². The quantitative estimate of drug-likeness (QED) is 0.193. The maximum absolute atomic E-state index is 11.7. The second-order valence-corrected chi connectivity index (χ2v) is 7.18. The number of unbranched alkanes of at least 4 members (excludes halogenated alkanes) is 1. The van der Waals surface area contributed by atoms with Gasteiger partial charge in [0.1, 0.15) is 0 Å². The van der Waals surface area contributed by atoms with Crippen LogP contribution in [0.1, 0.15) is 57.1 Å². The molecule has 1 saturated heterocycles. The van der Waals surface area contributed by atoms with Gasteiger partial charge in [-0.05, 0) is 37.3 Å². The van der Waals surface area contributed by atoms with Gasteiger partial charge in [0.05, 0.1) is 6.54 Å². The summed E-state index contributed by atoms with van der Waals surface area (Å²) in [7, 11) is 0. The number of hydrogen-bond acceptors (Lipinski definition) is 3. The van der Waals surface area contributed by atoms with Crippen LogP contribution < -0.4 is 10.6 Å². The molecule has 164 valence electrons. The van der Waals surface area contributed by atoms with Gasteiger partial charge in [-0.2, -0.15) is 0 Å². The Balaban J connectivity index is 0.00000420. The molecule has 1 aliphatic heterocycles. The van der Waals surface area contributed by atoms with Crippen molar-refractivity contribution in [2.24, 2.45) is 4.99 Å². The van der Waals surface area contributed by atoms with Gasteiger partial charge in [0.15, 0.2) is 5.96 Å². The fourth-order valence-corrected chi connectivity index (χ4v) is 3.08. The molecule has 0 saturated carbocycles. The third kappa shape index (κ3) is 10.3. The molecule has 6 nitrogen and oxygen atoms in total. The van der Waals surface area contributed by atoms with E-state index in [9.17, 15) is 4.79 Å². The minimum Gasteiger partial charge on any atom is -0.381 e. The Labute approximate surface area is 192 Å². The van der Waals surface area contributed by atoms with Crippen molar-refractivity contribution in [2.45, 2.75) is 59.0 Å². The molecule has 0 atom stereocenters. The second kappa shape index (κ2) is 15.5. The van der Waals surface area contributed by atoms with Crippen LogP contribution in [-0.2, 0) is 22.6 Å². The van der Waals surface area contributed by atoms with Crippen LogP contribution in [0, 0.1) is 0 Å². The molecule has 1 aromatic carbocycles. The van der Waals surface area contributed by atoms with E-state index >= 15 is 0 Å². The molecule has 0 unspecified atom stereocenters. The van der Waals surface area contributed by atoms with Crippen LogP contribution in [0.3, 0.4) is 0 Å². The summed E-state index contributed by atoms with van der Waals surface area (Å²) < 4.78 is 5.59. The fraction of sp³-hybridized carbons (Fsp3) is 0.636. The van der Waals surface area contributed by atoms with Crippen molar-refractivity contribution in [1.29, 1.82) is 0 Å². The van der Waals surface area contributed by atoms with Crippen molar-refractivity contribution in [3.63, 3.8) is 0 Å². The molecule has 1 fully saturated rings. The van der Waals surface area contributed by atoms with E-state index < -0.39 is 0 Å². The van der Waals surface area contributed by atoms with Gasteiger partial charge in [0.2, 0.25) is 5.91 Å². The summed E-state index contributed by atoms with van der Waals surface area (Å²) in [5.41, 5.74) is 2.34. The lowest BCUT2D eigenvalue weighted by Crippen LogP contribution is -2.38. The highest BCUT2D eigenvalue weighted by Crippen LogP contribution is 2.15. The van der Waals surface area contributed by atoms with Crippen LogP contribution in [0.5, 0.6) is 0 Å². The maximum Gasteiger partial charge on any atom is 0.222 e. The molecule has 0 aromatic heterocycles. The van der Waals surface area contributed by atoms with Crippen LogP contribution in [0.15, 0.2) is 29.3 Å². The number of nitrogens with one attached hydrogen (secondary N) is 2. The minimum absolute atomic E-state index is 0. The number of aliphatic imine (C=N–C) groups is 1. The Kier molecular flexibility index (Phi) is 13.7. The first-order valence-corrected chi connectivity index (χ1v) is 10.7. The SMILES string of the molecule is CCCCOCCCNC(=NCc1ccc(CN2CCCC2=O)cc1)NCC.I. The Hall–Kier alpha value is -1.35. The molecule has 1 heterocycles. The highest BCUT2D eigenvalue weighted by Gasteiger charge is 2.19. The standard InChI is InChI=1S/C22H36N4O2.HI/c1-3-5-15-28-16-7-13-24-22(23-4-2)25-17-19-9-11-20(12-10-19)18-26-14-6-8-21(26)27;/h9-12H,3-8,13-18H2,1-2H3,(H2,23,24,25);1H. The number of likely N-dealkylation sites (tertiary alicyclic amines) is 1. The number of rotatable bonds is 12. The maximum atomic E-state index is 11.7. The van der Waals surface area contributed by atoms with Crippen molar-refractivity contribution in [1.82, 2.24) is 15.5 Å². The molecule has 2 rings (SSSR count). The minimum atomic E-state index is 0. The number of nitrogens with zero attached hydrogens (tertiary/aromatic N) is 2. The molecule has 0 aliphatic carbocycles. The summed E-state index contributed by atoms with van der Waals surface area (Å²) in [6.45, 7) is 9.79. The average molecular weight is 516 g/mol. The van der Waals surface area contributed by atoms with Crippen molar-refractivity contribution in [2.75, 3.05) is 32.8 Å². The zero-order valence-electron chi connectivity index (χ0n) is 17.9. The molecule has 0 radical (unpaired) electrons. The monoisotopic (exact) mass is 516 g/mol. The van der Waals surface area contributed by atoms with Crippen molar-refractivity contribution >= 4 is 35.8 Å². The lowest BCUT2D eigenvalue weighted by molar-refractivity contribution is -0.128. The number of carbonyl (C=O) groups is 1. The van der Waals surface area contributed by atoms with E-state index in [1.165, 1.54) is 12.0 Å². The van der Waals surface area contributed by atoms with Gasteiger partial charge in [-0.1, -0.05) is 37.6 Å². The summed E-state index contributed by atoms with van der Waals surface area (Å²) in [5, 5.41) is 6.64. The predicted octanol–water partition coefficient (Wildman–Crippen LogP) is 3.69. The predicted molar refractivity (Wildman–Crippen MR) is 130 cm³/mol. The molecule has 1 aromatic rings. The fourth-order valence-electron chi connectivity index (χ4n) is 3.08. The molecule has 29 heavy (non-hydrogen) atoms. The Morgan fingerprint density at radius 2 is 1.83 bits per heavy atom. The summed E-state index contributed by atoms with van der Waals surface area (Å²) >= 11 is 0. The van der Waals surface area contributed by atoms with Gasteiger partial charge in [-0.3, -0.25) is 4.79 Å². The number of halogens is 1. The number of amides is 1. The summed E-state index contributed by atoms with van der Waals surface area (Å²) in [5.74, 6) is 1.11. The van der Waals surface area contributed by atoms with Gasteiger partial charge < -0.3 is 20.3 Å². The van der Waals surface area contributed by atoms with Crippen molar-refractivity contribution in [3.05, 3.63) is 35.4 Å². The number of guanidine groups is 1. The molecule has 1 amide bonds. The number of ether oxygens (including phenoxy) is 1. The lowest BCUT2D eigenvalue weighted by atomic mass is 10.1. The van der Waals surface area contributed by atoms with Crippen LogP contribution in [-0.4, -0.2) is 49.6 Å². The van der Waals surface area contributed by atoms with Gasteiger partial charge in [0.25, 0.3) is 0 Å². The third-order valence-corrected chi connectivity index (χ3v) is 4.73. The molecule has 7 heteroatoms. The zero-order chi connectivity index (χ0) is 20.0. The Morgan fingerprint density at radius 3 is 2.48 bits per heavy atom. The van der Waals surface area contributed by atoms with E-state index in [0.717, 1.165) is 63.6 Å². The molecule has 1 aliphatic rings. The first-order valence-electron chi connectivity index (χ1n) is 10.7. The Morgan fingerprint density at radius 1 is 1.10 bits per heavy atom. The molecular formula is C22H37IN4O2. The molecule has 0 spiro atoms. The number of hydrogen-bond donors (Lipinski definition) is 2. The molecule has 0 bridgehead atoms. The van der Waals surface area contributed by atoms with E-state index in [0.29, 0.717) is 19.5 Å². The van der Waals surface area contributed by atoms with Crippen molar-refractivity contribution < 1.29 is 9.53 Å². The smallest absolute Gasteiger partial charge is 0.222 e. The number of benzene rings is 1. The van der Waals surface area contributed by atoms with Gasteiger partial charge in [0, 0.05) is 45.8 Å². The van der Waals surface area contributed by atoms with E-state index in [-0.39, 0.29) is 29.9 Å². The Bertz CT molecular complexity index is 607. The van der Waals surface area contributed by atoms with E-state index in [4.69, 9.17) is 4.74 Å². The first kappa shape index (κ1) is 25.7. The van der Waals surface area contributed by atoms with Gasteiger partial charge >= 0.3 is 0 Å². The topological polar surface area (TPSA) is 66.0 Å². The van der Waals surface area contributed by atoms with Crippen molar-refractivity contribution in [3.8, 4) is 0 Å². The summed E-state index contributed by atoms with van der Waals surface area (Å²) in [6.07, 6.45) is 4.95. The normalized spacial score (nSPS) is 14.1. The lowest BCUT2D eigenvalue weighted by Gasteiger charge is -2.15. The third-order valence-electron chi connectivity index (χ3n) is 4.73. The highest BCUT2D eigenvalue weighted by molar-refractivity contribution is 14.0. The van der Waals surface area contributed by atoms with Crippen LogP contribution >= 0.6 is 24.0 Å². The molecule has 2 N–H and O–H groups in total. The molecular weight excluding hydrogens is 479 g/mol. The first-order chi connectivity index (χ1) is 13.7. The van der Waals surface area contributed by atoms with E-state index in [2.05, 4.69) is 53.7 Å². The highest BCUT2D eigenvalue weighted by atomic mass is 127. The summed E-state index contributed by atoms with van der Waals surface area (Å²) in [4.78, 5) is 18.3. The largest absolute Gasteiger partial charge is 0.381 e. The van der Waals surface area contributed by atoms with Crippen LogP contribution in [0.2, 0.25) is 0 Å². The summed E-state index contributed by atoms with van der Waals surface area (Å²) in [6, 6.07) is 8.41. The van der Waals surface area contributed by atoms with Crippen LogP contribution in [0.4, 0.5) is 0 Å².